The minimum Gasteiger partial charge on any atom is -0.345 e. The largest absolute Gasteiger partial charge is 0.345 e. The van der Waals surface area contributed by atoms with E-state index in [1.165, 1.54) is 0 Å². The molecular weight excluding hydrogens is 222 g/mol. The molecule has 3 heteroatoms. The van der Waals surface area contributed by atoms with Gasteiger partial charge in [-0.1, -0.05) is 30.2 Å². The number of hydrogen-bond donors (Lipinski definition) is 1. The lowest BCUT2D eigenvalue weighted by molar-refractivity contribution is 0.882. The fourth-order valence-corrected chi connectivity index (χ4v) is 2.03. The number of pyridine rings is 1. The summed E-state index contributed by atoms with van der Waals surface area (Å²) in [5, 5.41) is 2.27. The van der Waals surface area contributed by atoms with Crippen LogP contribution < -0.4 is 10.6 Å². The second-order valence-corrected chi connectivity index (χ2v) is 4.08. The van der Waals surface area contributed by atoms with Gasteiger partial charge >= 0.3 is 0 Å². The van der Waals surface area contributed by atoms with Crippen molar-refractivity contribution < 1.29 is 0 Å². The Morgan fingerprint density at radius 3 is 2.83 bits per heavy atom. The molecule has 0 bridgehead atoms. The number of hydrogen-bond acceptors (Lipinski definition) is 3. The summed E-state index contributed by atoms with van der Waals surface area (Å²) in [6.45, 7) is 3.89. The predicted molar refractivity (Wildman–Crippen MR) is 76.4 cm³/mol. The molecule has 3 nitrogen and oxygen atoms in total. The van der Waals surface area contributed by atoms with Crippen LogP contribution in [-0.2, 0) is 6.54 Å². The molecule has 92 valence electrons. The first kappa shape index (κ1) is 12.4. The highest BCUT2D eigenvalue weighted by atomic mass is 15.2. The summed E-state index contributed by atoms with van der Waals surface area (Å²) >= 11 is 0. The maximum atomic E-state index is 5.70. The van der Waals surface area contributed by atoms with Gasteiger partial charge in [-0.3, -0.25) is 0 Å². The van der Waals surface area contributed by atoms with Gasteiger partial charge in [-0.25, -0.2) is 4.98 Å². The van der Waals surface area contributed by atoms with Gasteiger partial charge in [0.25, 0.3) is 0 Å². The van der Waals surface area contributed by atoms with E-state index in [1.807, 2.05) is 18.2 Å². The van der Waals surface area contributed by atoms with E-state index in [-0.39, 0.29) is 0 Å². The molecule has 18 heavy (non-hydrogen) atoms. The third kappa shape index (κ3) is 2.29. The normalized spacial score (nSPS) is 10.3. The molecule has 1 aromatic carbocycles. The number of benzene rings is 1. The summed E-state index contributed by atoms with van der Waals surface area (Å²) in [6, 6.07) is 10.2. The zero-order chi connectivity index (χ0) is 13.0. The van der Waals surface area contributed by atoms with Gasteiger partial charge in [-0.15, -0.1) is 6.42 Å². The van der Waals surface area contributed by atoms with E-state index in [1.54, 1.807) is 0 Å². The number of anilines is 1. The first-order valence-electron chi connectivity index (χ1n) is 6.07. The third-order valence-corrected chi connectivity index (χ3v) is 2.95. The van der Waals surface area contributed by atoms with Crippen LogP contribution in [0.5, 0.6) is 0 Å². The highest BCUT2D eigenvalue weighted by Gasteiger charge is 2.10. The molecule has 2 aromatic rings. The minimum absolute atomic E-state index is 0.436. The van der Waals surface area contributed by atoms with Crippen LogP contribution in [0.1, 0.15) is 12.6 Å². The third-order valence-electron chi connectivity index (χ3n) is 2.95. The lowest BCUT2D eigenvalue weighted by atomic mass is 10.1. The zero-order valence-corrected chi connectivity index (χ0v) is 10.6. The van der Waals surface area contributed by atoms with E-state index in [0.717, 1.165) is 28.8 Å². The molecule has 0 atom stereocenters. The molecule has 0 aliphatic heterocycles. The molecule has 0 saturated heterocycles. The quantitative estimate of drug-likeness (QED) is 0.831. The number of terminal acetylenes is 1. The van der Waals surface area contributed by atoms with Crippen LogP contribution in [0.15, 0.2) is 30.3 Å². The maximum absolute atomic E-state index is 5.70. The van der Waals surface area contributed by atoms with Crippen LogP contribution in [0, 0.1) is 12.3 Å². The Labute approximate surface area is 108 Å². The molecular formula is C15H17N3. The van der Waals surface area contributed by atoms with Crippen molar-refractivity contribution in [3.63, 3.8) is 0 Å². The van der Waals surface area contributed by atoms with Gasteiger partial charge < -0.3 is 10.6 Å². The Kier molecular flexibility index (Phi) is 3.81. The second kappa shape index (κ2) is 5.52. The number of nitrogens with two attached hydrogens (primary N) is 1. The molecule has 0 radical (unpaired) electrons. The van der Waals surface area contributed by atoms with Gasteiger partial charge in [-0.05, 0) is 18.4 Å². The average Bonchev–Trinajstić information content (AvgIpc) is 2.43. The molecule has 0 spiro atoms. The van der Waals surface area contributed by atoms with Gasteiger partial charge in [0.1, 0.15) is 5.82 Å². The fourth-order valence-electron chi connectivity index (χ4n) is 2.03. The number of fused-ring (bicyclic) bond motifs is 1. The summed E-state index contributed by atoms with van der Waals surface area (Å²) in [6.07, 6.45) is 5.41. The first-order chi connectivity index (χ1) is 8.80. The van der Waals surface area contributed by atoms with Crippen LogP contribution in [0.4, 0.5) is 5.82 Å². The lowest BCUT2D eigenvalue weighted by Gasteiger charge is -2.21. The predicted octanol–water partition coefficient (Wildman–Crippen LogP) is 2.15. The van der Waals surface area contributed by atoms with Crippen LogP contribution >= 0.6 is 0 Å². The standard InChI is InChI=1S/C15H17N3/c1-3-9-18(4-2)15-14-8-6-5-7-12(14)10-13(11-16)17-15/h1,5-8,10H,4,9,11,16H2,2H3. The number of aromatic nitrogens is 1. The van der Waals surface area contributed by atoms with Crippen molar-refractivity contribution in [3.05, 3.63) is 36.0 Å². The van der Waals surface area contributed by atoms with E-state index in [2.05, 4.69) is 34.9 Å². The topological polar surface area (TPSA) is 42.2 Å². The molecule has 2 rings (SSSR count). The molecule has 0 amide bonds. The maximum Gasteiger partial charge on any atom is 0.137 e. The molecule has 0 fully saturated rings. The monoisotopic (exact) mass is 239 g/mol. The minimum atomic E-state index is 0.436. The number of rotatable bonds is 4. The van der Waals surface area contributed by atoms with Gasteiger partial charge in [-0.2, -0.15) is 0 Å². The summed E-state index contributed by atoms with van der Waals surface area (Å²) in [5.74, 6) is 3.60. The van der Waals surface area contributed by atoms with Gasteiger partial charge in [0, 0.05) is 18.5 Å². The highest BCUT2D eigenvalue weighted by molar-refractivity contribution is 5.92. The Morgan fingerprint density at radius 1 is 1.39 bits per heavy atom. The lowest BCUT2D eigenvalue weighted by Crippen LogP contribution is -2.24. The fraction of sp³-hybridized carbons (Fsp3) is 0.267. The summed E-state index contributed by atoms with van der Waals surface area (Å²) < 4.78 is 0. The SMILES string of the molecule is C#CCN(CC)c1nc(CN)cc2ccccc12. The Hall–Kier alpha value is -2.05. The summed E-state index contributed by atoms with van der Waals surface area (Å²) in [4.78, 5) is 6.70. The van der Waals surface area contributed by atoms with Gasteiger partial charge in [0.2, 0.25) is 0 Å². The highest BCUT2D eigenvalue weighted by Crippen LogP contribution is 2.25. The molecule has 0 unspecified atom stereocenters. The summed E-state index contributed by atoms with van der Waals surface area (Å²) in [5.41, 5.74) is 6.59. The zero-order valence-electron chi connectivity index (χ0n) is 10.6. The number of nitrogens with zero attached hydrogens (tertiary/aromatic N) is 2. The van der Waals surface area contributed by atoms with Crippen LogP contribution in [0.2, 0.25) is 0 Å². The Bertz CT molecular complexity index is 584. The van der Waals surface area contributed by atoms with Gasteiger partial charge in [0.15, 0.2) is 0 Å². The Morgan fingerprint density at radius 2 is 2.17 bits per heavy atom. The molecule has 1 heterocycles. The van der Waals surface area contributed by atoms with Crippen molar-refractivity contribution in [1.29, 1.82) is 0 Å². The van der Waals surface area contributed by atoms with Gasteiger partial charge in [0.05, 0.1) is 12.2 Å². The molecule has 0 aliphatic rings. The smallest absolute Gasteiger partial charge is 0.137 e. The Balaban J connectivity index is 2.63. The molecule has 0 saturated carbocycles. The van der Waals surface area contributed by atoms with Crippen molar-refractivity contribution in [2.45, 2.75) is 13.5 Å². The van der Waals surface area contributed by atoms with Crippen molar-refractivity contribution in [2.24, 2.45) is 5.73 Å². The molecule has 2 N–H and O–H groups in total. The van der Waals surface area contributed by atoms with Crippen molar-refractivity contribution >= 4 is 16.6 Å². The van der Waals surface area contributed by atoms with Crippen molar-refractivity contribution in [1.82, 2.24) is 4.98 Å². The van der Waals surface area contributed by atoms with Crippen molar-refractivity contribution in [2.75, 3.05) is 18.0 Å². The first-order valence-corrected chi connectivity index (χ1v) is 6.07. The van der Waals surface area contributed by atoms with Crippen molar-refractivity contribution in [3.8, 4) is 12.3 Å². The van der Waals surface area contributed by atoms with E-state index in [4.69, 9.17) is 12.2 Å². The summed E-state index contributed by atoms with van der Waals surface area (Å²) in [7, 11) is 0. The van der Waals surface area contributed by atoms with E-state index in [0.29, 0.717) is 13.1 Å². The average molecular weight is 239 g/mol. The van der Waals surface area contributed by atoms with Crippen LogP contribution in [0.25, 0.3) is 10.8 Å². The second-order valence-electron chi connectivity index (χ2n) is 4.08. The van der Waals surface area contributed by atoms with E-state index >= 15 is 0 Å². The van der Waals surface area contributed by atoms with Crippen LogP contribution in [0.3, 0.4) is 0 Å². The van der Waals surface area contributed by atoms with E-state index in [9.17, 15) is 0 Å². The van der Waals surface area contributed by atoms with Crippen LogP contribution in [-0.4, -0.2) is 18.1 Å². The molecule has 0 aliphatic carbocycles. The van der Waals surface area contributed by atoms with E-state index < -0.39 is 0 Å². The molecule has 1 aromatic heterocycles.